The van der Waals surface area contributed by atoms with Crippen LogP contribution >= 0.6 is 0 Å². The molecule has 1 rings (SSSR count). The highest BCUT2D eigenvalue weighted by molar-refractivity contribution is 5.80. The number of carboxylic acid groups (broad SMARTS) is 2. The first kappa shape index (κ1) is 11.0. The van der Waals surface area contributed by atoms with E-state index < -0.39 is 18.0 Å². The SMILES string of the molecule is CCC1CN(C(CC(=O)O)C(=O)O)C1. The van der Waals surface area contributed by atoms with Crippen molar-refractivity contribution in [3.8, 4) is 0 Å². The van der Waals surface area contributed by atoms with E-state index in [1.807, 2.05) is 0 Å². The van der Waals surface area contributed by atoms with Gasteiger partial charge in [0.05, 0.1) is 6.42 Å². The summed E-state index contributed by atoms with van der Waals surface area (Å²) in [6.07, 6.45) is 0.710. The molecule has 0 bridgehead atoms. The second-order valence-electron chi connectivity index (χ2n) is 3.68. The molecular weight excluding hydrogens is 186 g/mol. The topological polar surface area (TPSA) is 77.8 Å². The first-order valence-corrected chi connectivity index (χ1v) is 4.73. The molecule has 0 aromatic rings. The van der Waals surface area contributed by atoms with Gasteiger partial charge in [-0.2, -0.15) is 0 Å². The molecule has 1 saturated heterocycles. The van der Waals surface area contributed by atoms with Gasteiger partial charge in [-0.25, -0.2) is 0 Å². The lowest BCUT2D eigenvalue weighted by Crippen LogP contribution is -2.55. The first-order valence-electron chi connectivity index (χ1n) is 4.73. The van der Waals surface area contributed by atoms with Crippen LogP contribution < -0.4 is 0 Å². The Labute approximate surface area is 82.3 Å². The van der Waals surface area contributed by atoms with Crippen molar-refractivity contribution in [2.75, 3.05) is 13.1 Å². The van der Waals surface area contributed by atoms with E-state index in [0.717, 1.165) is 6.42 Å². The molecule has 1 atom stereocenters. The molecule has 1 fully saturated rings. The summed E-state index contributed by atoms with van der Waals surface area (Å²) in [7, 11) is 0. The molecule has 5 heteroatoms. The molecule has 0 amide bonds. The van der Waals surface area contributed by atoms with Crippen LogP contribution in [0.1, 0.15) is 19.8 Å². The Morgan fingerprint density at radius 2 is 2.00 bits per heavy atom. The average molecular weight is 201 g/mol. The number of likely N-dealkylation sites (tertiary alicyclic amines) is 1. The normalized spacial score (nSPS) is 20.1. The van der Waals surface area contributed by atoms with Crippen molar-refractivity contribution in [2.24, 2.45) is 5.92 Å². The summed E-state index contributed by atoms with van der Waals surface area (Å²) in [6, 6.07) is -0.852. The molecule has 1 aliphatic rings. The van der Waals surface area contributed by atoms with Gasteiger partial charge in [0, 0.05) is 13.1 Å². The van der Waals surface area contributed by atoms with E-state index in [2.05, 4.69) is 6.92 Å². The van der Waals surface area contributed by atoms with Gasteiger partial charge < -0.3 is 10.2 Å². The number of carbonyl (C=O) groups is 2. The second-order valence-corrected chi connectivity index (χ2v) is 3.68. The Bertz CT molecular complexity index is 235. The van der Waals surface area contributed by atoms with E-state index >= 15 is 0 Å². The summed E-state index contributed by atoms with van der Waals surface area (Å²) in [5.74, 6) is -1.56. The van der Waals surface area contributed by atoms with Crippen molar-refractivity contribution < 1.29 is 19.8 Å². The number of nitrogens with zero attached hydrogens (tertiary/aromatic N) is 1. The molecule has 5 nitrogen and oxygen atoms in total. The maximum Gasteiger partial charge on any atom is 0.321 e. The van der Waals surface area contributed by atoms with Crippen molar-refractivity contribution in [1.82, 2.24) is 4.90 Å². The molecule has 1 heterocycles. The molecule has 2 N–H and O–H groups in total. The van der Waals surface area contributed by atoms with Gasteiger partial charge in [-0.05, 0) is 5.92 Å². The zero-order chi connectivity index (χ0) is 10.7. The highest BCUT2D eigenvalue weighted by atomic mass is 16.4. The molecule has 0 aliphatic carbocycles. The molecule has 0 aromatic heterocycles. The van der Waals surface area contributed by atoms with E-state index in [1.165, 1.54) is 0 Å². The van der Waals surface area contributed by atoms with Crippen LogP contribution in [0.15, 0.2) is 0 Å². The fourth-order valence-corrected chi connectivity index (χ4v) is 1.66. The van der Waals surface area contributed by atoms with E-state index in [9.17, 15) is 9.59 Å². The monoisotopic (exact) mass is 201 g/mol. The Kier molecular flexibility index (Phi) is 3.46. The molecule has 0 spiro atoms. The number of carboxylic acids is 2. The molecule has 0 aromatic carbocycles. The molecule has 0 saturated carbocycles. The lowest BCUT2D eigenvalue weighted by molar-refractivity contribution is -0.152. The predicted molar refractivity (Wildman–Crippen MR) is 49.0 cm³/mol. The highest BCUT2D eigenvalue weighted by Crippen LogP contribution is 2.22. The van der Waals surface area contributed by atoms with E-state index in [1.54, 1.807) is 4.90 Å². The zero-order valence-electron chi connectivity index (χ0n) is 8.14. The smallest absolute Gasteiger partial charge is 0.321 e. The van der Waals surface area contributed by atoms with Gasteiger partial charge in [-0.3, -0.25) is 14.5 Å². The lowest BCUT2D eigenvalue weighted by atomic mass is 9.94. The maximum absolute atomic E-state index is 10.8. The van der Waals surface area contributed by atoms with Gasteiger partial charge in [0.15, 0.2) is 0 Å². The molecule has 1 aliphatic heterocycles. The zero-order valence-corrected chi connectivity index (χ0v) is 8.14. The van der Waals surface area contributed by atoms with Crippen molar-refractivity contribution in [1.29, 1.82) is 0 Å². The minimum absolute atomic E-state index is 0.314. The van der Waals surface area contributed by atoms with Crippen LogP contribution in [-0.4, -0.2) is 46.2 Å². The van der Waals surface area contributed by atoms with Crippen LogP contribution in [0.4, 0.5) is 0 Å². The van der Waals surface area contributed by atoms with Crippen molar-refractivity contribution in [3.05, 3.63) is 0 Å². The highest BCUT2D eigenvalue weighted by Gasteiger charge is 2.36. The van der Waals surface area contributed by atoms with Gasteiger partial charge in [0.1, 0.15) is 6.04 Å². The number of aliphatic carboxylic acids is 2. The molecule has 0 radical (unpaired) electrons. The Hall–Kier alpha value is -1.10. The van der Waals surface area contributed by atoms with Crippen LogP contribution in [0.2, 0.25) is 0 Å². The van der Waals surface area contributed by atoms with Crippen molar-refractivity contribution in [2.45, 2.75) is 25.8 Å². The lowest BCUT2D eigenvalue weighted by Gasteiger charge is -2.41. The molecule has 1 unspecified atom stereocenters. The van der Waals surface area contributed by atoms with E-state index in [-0.39, 0.29) is 6.42 Å². The minimum Gasteiger partial charge on any atom is -0.481 e. The third-order valence-electron chi connectivity index (χ3n) is 2.66. The summed E-state index contributed by atoms with van der Waals surface area (Å²) in [5.41, 5.74) is 0. The van der Waals surface area contributed by atoms with Gasteiger partial charge >= 0.3 is 11.9 Å². The molecule has 14 heavy (non-hydrogen) atoms. The Morgan fingerprint density at radius 1 is 1.43 bits per heavy atom. The van der Waals surface area contributed by atoms with Crippen LogP contribution in [-0.2, 0) is 9.59 Å². The number of hydrogen-bond acceptors (Lipinski definition) is 3. The van der Waals surface area contributed by atoms with Gasteiger partial charge in [0.25, 0.3) is 0 Å². The average Bonchev–Trinajstić information content (AvgIpc) is 1.99. The second kappa shape index (κ2) is 4.41. The Morgan fingerprint density at radius 3 is 2.36 bits per heavy atom. The van der Waals surface area contributed by atoms with Crippen LogP contribution in [0.5, 0.6) is 0 Å². The summed E-state index contributed by atoms with van der Waals surface area (Å²) in [5, 5.41) is 17.3. The summed E-state index contributed by atoms with van der Waals surface area (Å²) in [6.45, 7) is 3.47. The van der Waals surface area contributed by atoms with Crippen molar-refractivity contribution >= 4 is 11.9 Å². The molecular formula is C9H15NO4. The Balaban J connectivity index is 2.45. The summed E-state index contributed by atoms with van der Waals surface area (Å²) < 4.78 is 0. The summed E-state index contributed by atoms with van der Waals surface area (Å²) in [4.78, 5) is 22.9. The standard InChI is InChI=1S/C9H15NO4/c1-2-6-4-10(5-6)7(9(13)14)3-8(11)12/h6-7H,2-5H2,1H3,(H,11,12)(H,13,14). The van der Waals surface area contributed by atoms with Gasteiger partial charge in [0.2, 0.25) is 0 Å². The van der Waals surface area contributed by atoms with E-state index in [0.29, 0.717) is 19.0 Å². The number of hydrogen-bond donors (Lipinski definition) is 2. The summed E-state index contributed by atoms with van der Waals surface area (Å²) >= 11 is 0. The van der Waals surface area contributed by atoms with Crippen molar-refractivity contribution in [3.63, 3.8) is 0 Å². The molecule has 80 valence electrons. The quantitative estimate of drug-likeness (QED) is 0.667. The predicted octanol–water partition coefficient (Wildman–Crippen LogP) is 0.256. The van der Waals surface area contributed by atoms with Crippen LogP contribution in [0.25, 0.3) is 0 Å². The largest absolute Gasteiger partial charge is 0.481 e. The maximum atomic E-state index is 10.8. The fourth-order valence-electron chi connectivity index (χ4n) is 1.66. The minimum atomic E-state index is -1.06. The third kappa shape index (κ3) is 2.45. The fraction of sp³-hybridized carbons (Fsp3) is 0.778. The van der Waals surface area contributed by atoms with Crippen LogP contribution in [0, 0.1) is 5.92 Å². The third-order valence-corrected chi connectivity index (χ3v) is 2.66. The van der Waals surface area contributed by atoms with Crippen LogP contribution in [0.3, 0.4) is 0 Å². The number of rotatable bonds is 5. The van der Waals surface area contributed by atoms with E-state index in [4.69, 9.17) is 10.2 Å². The first-order chi connectivity index (χ1) is 6.54. The van der Waals surface area contributed by atoms with Gasteiger partial charge in [-0.15, -0.1) is 0 Å². The van der Waals surface area contributed by atoms with Gasteiger partial charge in [-0.1, -0.05) is 13.3 Å².